The lowest BCUT2D eigenvalue weighted by molar-refractivity contribution is -0.137. The summed E-state index contributed by atoms with van der Waals surface area (Å²) in [7, 11) is 0. The van der Waals surface area contributed by atoms with E-state index in [9.17, 15) is 22.8 Å². The van der Waals surface area contributed by atoms with E-state index in [0.717, 1.165) is 22.0 Å². The van der Waals surface area contributed by atoms with E-state index in [2.05, 4.69) is 63.3 Å². The maximum Gasteiger partial charge on any atom is 0.416 e. The molecule has 1 amide bonds. The van der Waals surface area contributed by atoms with Crippen LogP contribution in [0.4, 0.5) is 13.2 Å². The van der Waals surface area contributed by atoms with Gasteiger partial charge in [-0.05, 0) is 70.5 Å². The van der Waals surface area contributed by atoms with Gasteiger partial charge >= 0.3 is 12.1 Å². The van der Waals surface area contributed by atoms with E-state index < -0.39 is 23.6 Å². The quantitative estimate of drug-likeness (QED) is 0.0777. The van der Waals surface area contributed by atoms with Crippen molar-refractivity contribution in [2.24, 2.45) is 5.10 Å². The first-order chi connectivity index (χ1) is 20.4. The van der Waals surface area contributed by atoms with Gasteiger partial charge in [-0.25, -0.2) is 10.2 Å². The molecule has 0 atom stereocenters. The second-order valence-electron chi connectivity index (χ2n) is 9.02. The van der Waals surface area contributed by atoms with Gasteiger partial charge in [0.25, 0.3) is 5.91 Å². The minimum Gasteiger partial charge on any atom is -0.421 e. The maximum absolute atomic E-state index is 13.4. The summed E-state index contributed by atoms with van der Waals surface area (Å²) < 4.78 is 46.6. The molecule has 0 saturated carbocycles. The first-order valence-electron chi connectivity index (χ1n) is 12.2. The van der Waals surface area contributed by atoms with Crippen molar-refractivity contribution in [2.45, 2.75) is 6.18 Å². The second-order valence-corrected chi connectivity index (χ2v) is 12.1. The Morgan fingerprint density at radius 1 is 0.930 bits per heavy atom. The zero-order chi connectivity index (χ0) is 30.9. The molecular formula is C30H16Br3ClF3N3O3. The molecule has 4 aromatic carbocycles. The molecule has 1 aromatic heterocycles. The number of carbonyl (C=O) groups is 2. The summed E-state index contributed by atoms with van der Waals surface area (Å²) in [5.74, 6) is -1.60. The van der Waals surface area contributed by atoms with Crippen molar-refractivity contribution in [1.82, 2.24) is 10.4 Å². The largest absolute Gasteiger partial charge is 0.421 e. The predicted octanol–water partition coefficient (Wildman–Crippen LogP) is 9.78. The molecule has 13 heteroatoms. The number of hydrogen-bond acceptors (Lipinski definition) is 4. The summed E-state index contributed by atoms with van der Waals surface area (Å²) in [4.78, 5) is 29.3. The topological polar surface area (TPSA) is 83.5 Å². The minimum atomic E-state index is -4.63. The van der Waals surface area contributed by atoms with Gasteiger partial charge in [0.05, 0.1) is 21.8 Å². The van der Waals surface area contributed by atoms with E-state index in [1.807, 2.05) is 24.3 Å². The van der Waals surface area contributed by atoms with Crippen LogP contribution in [0.2, 0.25) is 5.02 Å². The van der Waals surface area contributed by atoms with Crippen LogP contribution < -0.4 is 10.2 Å². The van der Waals surface area contributed by atoms with Crippen LogP contribution in [0, 0.1) is 0 Å². The number of halogens is 7. The number of aromatic nitrogens is 1. The number of ether oxygens (including phenoxy) is 1. The number of alkyl halides is 3. The van der Waals surface area contributed by atoms with Crippen LogP contribution in [0.3, 0.4) is 0 Å². The summed E-state index contributed by atoms with van der Waals surface area (Å²) in [6, 6.07) is 19.7. The average molecular weight is 799 g/mol. The normalized spacial score (nSPS) is 11.7. The molecule has 0 aliphatic carbocycles. The molecule has 5 rings (SSSR count). The van der Waals surface area contributed by atoms with E-state index in [0.29, 0.717) is 36.7 Å². The number of fused-ring (bicyclic) bond motifs is 1. The monoisotopic (exact) mass is 795 g/mol. The van der Waals surface area contributed by atoms with Crippen molar-refractivity contribution in [3.8, 4) is 16.9 Å². The summed E-state index contributed by atoms with van der Waals surface area (Å²) in [5, 5.41) is 5.28. The Labute approximate surface area is 272 Å². The maximum atomic E-state index is 13.4. The molecule has 2 N–H and O–H groups in total. The van der Waals surface area contributed by atoms with Crippen LogP contribution in [0.1, 0.15) is 32.0 Å². The number of nitrogens with zero attached hydrogens (tertiary/aromatic N) is 1. The highest BCUT2D eigenvalue weighted by atomic mass is 79.9. The average Bonchev–Trinajstić information content (AvgIpc) is 3.33. The molecule has 43 heavy (non-hydrogen) atoms. The fraction of sp³-hybridized carbons (Fsp3) is 0.0333. The minimum absolute atomic E-state index is 0.0178. The third-order valence-electron chi connectivity index (χ3n) is 6.16. The van der Waals surface area contributed by atoms with E-state index in [-0.39, 0.29) is 22.6 Å². The van der Waals surface area contributed by atoms with Gasteiger partial charge < -0.3 is 9.72 Å². The van der Waals surface area contributed by atoms with Crippen LogP contribution in [0.25, 0.3) is 22.0 Å². The van der Waals surface area contributed by atoms with Crippen LogP contribution in [0.5, 0.6) is 5.75 Å². The number of H-pyrrole nitrogens is 1. The number of aromatic amines is 1. The van der Waals surface area contributed by atoms with Crippen molar-refractivity contribution < 1.29 is 27.5 Å². The molecule has 0 unspecified atom stereocenters. The van der Waals surface area contributed by atoms with E-state index in [1.165, 1.54) is 12.3 Å². The SMILES string of the molecule is O=C(Oc1c(Br)cc(Br)cc1C=NNC(=O)c1[nH]c2ccc(Br)cc2c1-c1ccccc1Cl)c1cccc(C(F)(F)F)c1. The van der Waals surface area contributed by atoms with Crippen molar-refractivity contribution in [3.63, 3.8) is 0 Å². The van der Waals surface area contributed by atoms with Gasteiger partial charge in [0.2, 0.25) is 0 Å². The molecule has 0 aliphatic rings. The van der Waals surface area contributed by atoms with Crippen LogP contribution in [0.15, 0.2) is 97.4 Å². The summed E-state index contributed by atoms with van der Waals surface area (Å²) in [6.07, 6.45) is -3.38. The van der Waals surface area contributed by atoms with E-state index >= 15 is 0 Å². The van der Waals surface area contributed by atoms with E-state index in [4.69, 9.17) is 16.3 Å². The fourth-order valence-corrected chi connectivity index (χ4v) is 6.18. The highest BCUT2D eigenvalue weighted by Crippen LogP contribution is 2.38. The number of carbonyl (C=O) groups excluding carboxylic acids is 2. The third kappa shape index (κ3) is 6.87. The molecule has 5 aromatic rings. The van der Waals surface area contributed by atoms with Gasteiger partial charge in [-0.15, -0.1) is 0 Å². The number of amides is 1. The van der Waals surface area contributed by atoms with Crippen LogP contribution >= 0.6 is 59.4 Å². The van der Waals surface area contributed by atoms with Gasteiger partial charge in [-0.3, -0.25) is 4.79 Å². The zero-order valence-corrected chi connectivity index (χ0v) is 26.9. The first-order valence-corrected chi connectivity index (χ1v) is 15.0. The molecule has 0 fully saturated rings. The highest BCUT2D eigenvalue weighted by Gasteiger charge is 2.31. The van der Waals surface area contributed by atoms with E-state index in [1.54, 1.807) is 30.3 Å². The second kappa shape index (κ2) is 12.7. The molecule has 6 nitrogen and oxygen atoms in total. The highest BCUT2D eigenvalue weighted by molar-refractivity contribution is 9.11. The number of nitrogens with one attached hydrogen (secondary N) is 2. The molecule has 0 aliphatic heterocycles. The van der Waals surface area contributed by atoms with Gasteiger partial charge in [-0.2, -0.15) is 18.3 Å². The van der Waals surface area contributed by atoms with Gasteiger partial charge in [0, 0.05) is 41.6 Å². The lowest BCUT2D eigenvalue weighted by Crippen LogP contribution is -2.19. The summed E-state index contributed by atoms with van der Waals surface area (Å²) in [5.41, 5.74) is 3.58. The molecule has 0 bridgehead atoms. The van der Waals surface area contributed by atoms with Gasteiger partial charge in [0.15, 0.2) is 5.75 Å². The Hall–Kier alpha value is -3.45. The molecule has 0 saturated heterocycles. The lowest BCUT2D eigenvalue weighted by Gasteiger charge is -2.12. The van der Waals surface area contributed by atoms with Gasteiger partial charge in [0.1, 0.15) is 5.69 Å². The molecule has 1 heterocycles. The smallest absolute Gasteiger partial charge is 0.416 e. The zero-order valence-electron chi connectivity index (χ0n) is 21.4. The first kappa shape index (κ1) is 31.0. The molecular weight excluding hydrogens is 783 g/mol. The number of benzene rings is 4. The Balaban J connectivity index is 1.44. The molecule has 218 valence electrons. The Morgan fingerprint density at radius 3 is 2.44 bits per heavy atom. The lowest BCUT2D eigenvalue weighted by atomic mass is 10.0. The number of hydrogen-bond donors (Lipinski definition) is 2. The third-order valence-corrected chi connectivity index (χ3v) is 8.03. The Bertz CT molecular complexity index is 1930. The van der Waals surface area contributed by atoms with Crippen molar-refractivity contribution in [1.29, 1.82) is 0 Å². The fourth-order valence-electron chi connectivity index (χ4n) is 4.25. The van der Waals surface area contributed by atoms with Crippen molar-refractivity contribution >= 4 is 88.4 Å². The number of esters is 1. The van der Waals surface area contributed by atoms with Crippen LogP contribution in [-0.4, -0.2) is 23.1 Å². The van der Waals surface area contributed by atoms with Crippen molar-refractivity contribution in [3.05, 3.63) is 120 Å². The molecule has 0 spiro atoms. The van der Waals surface area contributed by atoms with Gasteiger partial charge in [-0.1, -0.05) is 67.7 Å². The standard InChI is InChI=1S/C30H16Br3ClF3N3O3/c31-18-8-9-24-21(12-18)25(20-6-1-2-7-23(20)34)26(39-24)28(41)40-38-14-16-11-19(32)13-22(33)27(16)43-29(42)15-4-3-5-17(10-15)30(35,36)37/h1-14,39H,(H,40,41). The molecule has 0 radical (unpaired) electrons. The van der Waals surface area contributed by atoms with Crippen molar-refractivity contribution in [2.75, 3.05) is 0 Å². The summed E-state index contributed by atoms with van der Waals surface area (Å²) >= 11 is 16.6. The summed E-state index contributed by atoms with van der Waals surface area (Å²) in [6.45, 7) is 0. The predicted molar refractivity (Wildman–Crippen MR) is 170 cm³/mol. The Morgan fingerprint density at radius 2 is 1.70 bits per heavy atom. The number of rotatable bonds is 6. The number of hydrazone groups is 1. The Kier molecular flexibility index (Phi) is 9.12. The van der Waals surface area contributed by atoms with Crippen LogP contribution in [-0.2, 0) is 6.18 Å².